The number of allylic oxidation sites excluding steroid dienone is 2. The van der Waals surface area contributed by atoms with Crippen LogP contribution in [0.15, 0.2) is 72.5 Å². The molecule has 0 aliphatic carbocycles. The van der Waals surface area contributed by atoms with Gasteiger partial charge in [-0.1, -0.05) is 31.7 Å². The van der Waals surface area contributed by atoms with Gasteiger partial charge in [0.15, 0.2) is 17.7 Å². The number of aromatic hydroxyl groups is 1. The van der Waals surface area contributed by atoms with E-state index in [2.05, 4.69) is 31.6 Å². The number of phenolic OH excluding ortho intramolecular Hbond substituents is 1. The van der Waals surface area contributed by atoms with Gasteiger partial charge >= 0.3 is 0 Å². The second kappa shape index (κ2) is 14.5. The van der Waals surface area contributed by atoms with Gasteiger partial charge in [0.2, 0.25) is 0 Å². The van der Waals surface area contributed by atoms with Crippen LogP contribution in [0.2, 0.25) is 0 Å². The third kappa shape index (κ3) is 7.79. The first-order chi connectivity index (χ1) is 18.1. The molecule has 6 nitrogen and oxygen atoms in total. The highest BCUT2D eigenvalue weighted by Crippen LogP contribution is 2.31. The lowest BCUT2D eigenvalue weighted by Gasteiger charge is -2.20. The Balaban J connectivity index is 0.00000247. The Kier molecular flexibility index (Phi) is 11.8. The molecule has 3 rings (SSSR count). The van der Waals surface area contributed by atoms with Crippen molar-refractivity contribution in [2.45, 2.75) is 59.6 Å². The largest absolute Gasteiger partial charge is 0.505 e. The van der Waals surface area contributed by atoms with Crippen molar-refractivity contribution >= 4 is 11.8 Å². The molecule has 0 radical (unpaired) electrons. The van der Waals surface area contributed by atoms with E-state index in [0.29, 0.717) is 5.56 Å². The Bertz CT molecular complexity index is 1190. The number of aromatic nitrogens is 1. The maximum Gasteiger partial charge on any atom is 0.165 e. The van der Waals surface area contributed by atoms with Crippen molar-refractivity contribution < 1.29 is 14.3 Å². The second-order valence-corrected chi connectivity index (χ2v) is 9.43. The first-order valence-electron chi connectivity index (χ1n) is 13.1. The molecule has 1 aromatic carbocycles. The molecule has 1 aliphatic heterocycles. The Morgan fingerprint density at radius 3 is 2.61 bits per heavy atom. The van der Waals surface area contributed by atoms with Crippen LogP contribution in [0.4, 0.5) is 4.39 Å². The Hall–Kier alpha value is -3.42. The molecular weight excluding hydrogens is 479 g/mol. The Labute approximate surface area is 227 Å². The van der Waals surface area contributed by atoms with Crippen LogP contribution >= 0.6 is 0 Å². The van der Waals surface area contributed by atoms with Crippen molar-refractivity contribution in [1.82, 2.24) is 9.63 Å². The number of nitrogens with zero attached hydrogens (tertiary/aromatic N) is 3. The van der Waals surface area contributed by atoms with Crippen molar-refractivity contribution in [3.8, 4) is 5.75 Å². The molecule has 38 heavy (non-hydrogen) atoms. The van der Waals surface area contributed by atoms with E-state index in [-0.39, 0.29) is 11.8 Å². The molecule has 0 spiro atoms. The molecule has 7 heteroatoms. The van der Waals surface area contributed by atoms with E-state index in [1.54, 1.807) is 17.7 Å². The van der Waals surface area contributed by atoms with Crippen molar-refractivity contribution in [3.05, 3.63) is 95.8 Å². The van der Waals surface area contributed by atoms with Crippen LogP contribution in [0.25, 0.3) is 6.08 Å². The molecule has 1 fully saturated rings. The SMILES string of the molecule is C=C.C=C(/C=C\c1c(C)ccn1OC(C)c1c(C)ccc(F)c1O)/C(=C/C)N=C(CC)CN1CCC(N)C1. The van der Waals surface area contributed by atoms with Gasteiger partial charge in [-0.2, -0.15) is 4.73 Å². The van der Waals surface area contributed by atoms with Crippen LogP contribution in [0.3, 0.4) is 0 Å². The second-order valence-electron chi connectivity index (χ2n) is 9.43. The minimum Gasteiger partial charge on any atom is -0.505 e. The fourth-order valence-corrected chi connectivity index (χ4v) is 4.48. The van der Waals surface area contributed by atoms with Crippen molar-refractivity contribution in [3.63, 3.8) is 0 Å². The van der Waals surface area contributed by atoms with Gasteiger partial charge in [-0.05, 0) is 75.4 Å². The number of hydrogen-bond acceptors (Lipinski definition) is 5. The molecular formula is C31H43FN4O2. The molecule has 2 heterocycles. The van der Waals surface area contributed by atoms with E-state index in [1.165, 1.54) is 6.07 Å². The van der Waals surface area contributed by atoms with Gasteiger partial charge < -0.3 is 15.7 Å². The molecule has 1 aromatic heterocycles. The lowest BCUT2D eigenvalue weighted by Crippen LogP contribution is -2.30. The lowest BCUT2D eigenvalue weighted by atomic mass is 10.0. The third-order valence-corrected chi connectivity index (χ3v) is 6.61. The van der Waals surface area contributed by atoms with Crippen LogP contribution in [0, 0.1) is 19.7 Å². The summed E-state index contributed by atoms with van der Waals surface area (Å²) in [4.78, 5) is 13.4. The molecule has 3 N–H and O–H groups in total. The molecule has 2 aromatic rings. The number of aryl methyl sites for hydroxylation is 2. The number of rotatable bonds is 10. The highest BCUT2D eigenvalue weighted by Gasteiger charge is 2.21. The summed E-state index contributed by atoms with van der Waals surface area (Å²) in [5.41, 5.74) is 11.8. The summed E-state index contributed by atoms with van der Waals surface area (Å²) < 4.78 is 15.6. The number of benzene rings is 1. The fraction of sp³-hybridized carbons (Fsp3) is 0.387. The van der Waals surface area contributed by atoms with E-state index in [4.69, 9.17) is 15.6 Å². The maximum atomic E-state index is 13.9. The number of nitrogens with two attached hydrogens (primary N) is 1. The molecule has 0 saturated carbocycles. The van der Waals surface area contributed by atoms with Gasteiger partial charge in [0, 0.05) is 43.1 Å². The van der Waals surface area contributed by atoms with Gasteiger partial charge in [-0.15, -0.1) is 13.2 Å². The van der Waals surface area contributed by atoms with Crippen LogP contribution < -0.4 is 10.6 Å². The first-order valence-corrected chi connectivity index (χ1v) is 13.1. The summed E-state index contributed by atoms with van der Waals surface area (Å²) in [5, 5.41) is 10.2. The topological polar surface area (TPSA) is 76.0 Å². The molecule has 2 unspecified atom stereocenters. The number of likely N-dealkylation sites (tertiary alicyclic amines) is 1. The summed E-state index contributed by atoms with van der Waals surface area (Å²) in [6, 6.07) is 5.09. The number of aliphatic imine (C=N–C) groups is 1. The summed E-state index contributed by atoms with van der Waals surface area (Å²) in [5.74, 6) is -1.04. The zero-order valence-corrected chi connectivity index (χ0v) is 23.5. The normalized spacial score (nSPS) is 17.4. The zero-order chi connectivity index (χ0) is 28.4. The van der Waals surface area contributed by atoms with E-state index in [0.717, 1.165) is 66.3 Å². The lowest BCUT2D eigenvalue weighted by molar-refractivity contribution is 0.0450. The van der Waals surface area contributed by atoms with Crippen LogP contribution in [-0.2, 0) is 0 Å². The van der Waals surface area contributed by atoms with Gasteiger partial charge in [0.25, 0.3) is 0 Å². The average Bonchev–Trinajstić information content (AvgIpc) is 3.47. The summed E-state index contributed by atoms with van der Waals surface area (Å²) in [7, 11) is 0. The minimum absolute atomic E-state index is 0.250. The van der Waals surface area contributed by atoms with Gasteiger partial charge in [-0.3, -0.25) is 9.89 Å². The van der Waals surface area contributed by atoms with Crippen LogP contribution in [0.5, 0.6) is 5.75 Å². The van der Waals surface area contributed by atoms with Crippen LogP contribution in [-0.4, -0.2) is 46.1 Å². The van der Waals surface area contributed by atoms with Crippen LogP contribution in [0.1, 0.15) is 62.1 Å². The van der Waals surface area contributed by atoms with Crippen molar-refractivity contribution in [2.75, 3.05) is 19.6 Å². The van der Waals surface area contributed by atoms with Gasteiger partial charge in [0.1, 0.15) is 0 Å². The summed E-state index contributed by atoms with van der Waals surface area (Å²) in [6.07, 6.45) is 8.97. The van der Waals surface area contributed by atoms with Crippen molar-refractivity contribution in [1.29, 1.82) is 0 Å². The number of phenols is 1. The molecule has 0 amide bonds. The predicted molar refractivity (Wildman–Crippen MR) is 157 cm³/mol. The van der Waals surface area contributed by atoms with E-state index >= 15 is 0 Å². The molecule has 0 bridgehead atoms. The monoisotopic (exact) mass is 522 g/mol. The van der Waals surface area contributed by atoms with E-state index in [9.17, 15) is 9.50 Å². The fourth-order valence-electron chi connectivity index (χ4n) is 4.48. The van der Waals surface area contributed by atoms with Gasteiger partial charge in [0.05, 0.1) is 11.4 Å². The van der Waals surface area contributed by atoms with E-state index < -0.39 is 11.9 Å². The highest BCUT2D eigenvalue weighted by atomic mass is 19.1. The van der Waals surface area contributed by atoms with E-state index in [1.807, 2.05) is 51.3 Å². The standard InChI is InChI=1S/C29H39FN4O2.C2H4/c1-7-24(18-33-15-14-23(31)17-33)32-26(8-2)19(3)10-12-27-20(4)13-16-34(27)36-22(6)28-21(5)9-11-25(30)29(28)35;1-2/h8-13,16,22-23,35H,3,7,14-15,17-18,31H2,1-2,4-6H3;1-2H2/b12-10-,26-8-,32-24?;. The maximum absolute atomic E-state index is 13.9. The predicted octanol–water partition coefficient (Wildman–Crippen LogP) is 6.30. The summed E-state index contributed by atoms with van der Waals surface area (Å²) in [6.45, 7) is 22.6. The highest BCUT2D eigenvalue weighted by molar-refractivity contribution is 5.87. The number of hydrogen-bond donors (Lipinski definition) is 2. The first kappa shape index (κ1) is 30.8. The minimum atomic E-state index is -0.662. The molecule has 1 saturated heterocycles. The molecule has 206 valence electrons. The Morgan fingerprint density at radius 2 is 2.00 bits per heavy atom. The zero-order valence-electron chi connectivity index (χ0n) is 23.5. The smallest absolute Gasteiger partial charge is 0.165 e. The molecule has 1 aliphatic rings. The third-order valence-electron chi connectivity index (χ3n) is 6.61. The quantitative estimate of drug-likeness (QED) is 0.218. The summed E-state index contributed by atoms with van der Waals surface area (Å²) >= 11 is 0. The Morgan fingerprint density at radius 1 is 1.29 bits per heavy atom. The van der Waals surface area contributed by atoms with Gasteiger partial charge in [-0.25, -0.2) is 4.39 Å². The van der Waals surface area contributed by atoms with Crippen molar-refractivity contribution in [2.24, 2.45) is 10.7 Å². The average molecular weight is 523 g/mol. The molecule has 2 atom stereocenters. The number of halogens is 1.